The number of rotatable bonds is 11. The highest BCUT2D eigenvalue weighted by atomic mass is 16.5. The summed E-state index contributed by atoms with van der Waals surface area (Å²) in [5.74, 6) is 1.61. The van der Waals surface area contributed by atoms with Gasteiger partial charge in [-0.15, -0.1) is 0 Å². The number of allylic oxidation sites excluding steroid dienone is 2. The number of benzene rings is 3. The number of fused-ring (bicyclic) bond motifs is 1. The highest BCUT2D eigenvalue weighted by Crippen LogP contribution is 2.45. The molecular formula is C36H39N3O2. The number of hydrogen-bond donors (Lipinski definition) is 1. The van der Waals surface area contributed by atoms with E-state index in [0.717, 1.165) is 61.8 Å². The second kappa shape index (κ2) is 13.0. The summed E-state index contributed by atoms with van der Waals surface area (Å²) < 4.78 is 6.10. The van der Waals surface area contributed by atoms with Crippen LogP contribution < -0.4 is 4.74 Å². The molecule has 1 aromatic heterocycles. The number of ether oxygens (including phenoxy) is 1. The van der Waals surface area contributed by atoms with Gasteiger partial charge in [0.05, 0.1) is 18.3 Å². The zero-order chi connectivity index (χ0) is 27.9. The summed E-state index contributed by atoms with van der Waals surface area (Å²) in [5.41, 5.74) is 7.51. The van der Waals surface area contributed by atoms with Crippen LogP contribution in [0.25, 0.3) is 22.0 Å². The average Bonchev–Trinajstić information content (AvgIpc) is 3.69. The summed E-state index contributed by atoms with van der Waals surface area (Å²) in [6, 6.07) is 26.1. The molecule has 0 atom stereocenters. The zero-order valence-corrected chi connectivity index (χ0v) is 23.7. The number of unbranched alkanes of at least 4 members (excludes halogenated alkanes) is 2. The van der Waals surface area contributed by atoms with Gasteiger partial charge in [0, 0.05) is 18.5 Å². The Morgan fingerprint density at radius 1 is 0.902 bits per heavy atom. The standard InChI is InChI=1S/C36H39N3O2/c40-34(39-22-7-8-23-39)15-6-1-2-9-24-41-32-19-16-29(17-20-32)36(30-18-21-33-31(25-30)26-37-38-33)35(28-13-10-14-28)27-11-4-3-5-12-27/h3-6,11-12,15-21,25-26,28H,1-2,7-10,13-14,22-24H2,(H,37,38)/b15-6+,36-35-. The topological polar surface area (TPSA) is 58.2 Å². The molecular weight excluding hydrogens is 506 g/mol. The third kappa shape index (κ3) is 6.45. The molecule has 2 aliphatic rings. The Bertz CT molecular complexity index is 1510. The Morgan fingerprint density at radius 3 is 2.44 bits per heavy atom. The number of nitrogens with one attached hydrogen (secondary N) is 1. The lowest BCUT2D eigenvalue weighted by Crippen LogP contribution is -2.25. The lowest BCUT2D eigenvalue weighted by molar-refractivity contribution is -0.125. The molecule has 2 fully saturated rings. The predicted octanol–water partition coefficient (Wildman–Crippen LogP) is 8.05. The number of carbonyl (C=O) groups is 1. The first-order valence-electron chi connectivity index (χ1n) is 15.2. The quantitative estimate of drug-likeness (QED) is 0.118. The highest BCUT2D eigenvalue weighted by molar-refractivity contribution is 6.01. The lowest BCUT2D eigenvalue weighted by Gasteiger charge is -2.31. The number of H-pyrrole nitrogens is 1. The summed E-state index contributed by atoms with van der Waals surface area (Å²) in [6.45, 7) is 2.48. The number of likely N-dealkylation sites (tertiary alicyclic amines) is 1. The molecule has 4 aromatic rings. The first-order valence-corrected chi connectivity index (χ1v) is 15.2. The predicted molar refractivity (Wildman–Crippen MR) is 167 cm³/mol. The molecule has 2 heterocycles. The Morgan fingerprint density at radius 2 is 1.68 bits per heavy atom. The Hall–Kier alpha value is -4.12. The van der Waals surface area contributed by atoms with E-state index in [-0.39, 0.29) is 5.91 Å². The third-order valence-electron chi connectivity index (χ3n) is 8.45. The summed E-state index contributed by atoms with van der Waals surface area (Å²) in [5, 5.41) is 8.46. The molecule has 0 unspecified atom stereocenters. The lowest BCUT2D eigenvalue weighted by atomic mass is 9.73. The van der Waals surface area contributed by atoms with Gasteiger partial charge in [-0.2, -0.15) is 5.10 Å². The summed E-state index contributed by atoms with van der Waals surface area (Å²) >= 11 is 0. The minimum Gasteiger partial charge on any atom is -0.494 e. The number of aromatic amines is 1. The fraction of sp³-hybridized carbons (Fsp3) is 0.333. The molecule has 1 saturated heterocycles. The first kappa shape index (κ1) is 27.1. The maximum Gasteiger partial charge on any atom is 0.246 e. The van der Waals surface area contributed by atoms with Gasteiger partial charge in [-0.3, -0.25) is 9.89 Å². The second-order valence-corrected chi connectivity index (χ2v) is 11.3. The molecule has 5 nitrogen and oxygen atoms in total. The summed E-state index contributed by atoms with van der Waals surface area (Å²) in [4.78, 5) is 14.1. The fourth-order valence-corrected chi connectivity index (χ4v) is 5.97. The van der Waals surface area contributed by atoms with Crippen molar-refractivity contribution in [3.05, 3.63) is 108 Å². The molecule has 1 N–H and O–H groups in total. The SMILES string of the molecule is O=C(/C=C/CCCCOc1ccc(/C(=C(\c2ccccc2)C2CCC2)c2ccc3[nH]ncc3c2)cc1)N1CCCC1. The van der Waals surface area contributed by atoms with E-state index in [2.05, 4.69) is 83.0 Å². The van der Waals surface area contributed by atoms with Crippen molar-refractivity contribution < 1.29 is 9.53 Å². The van der Waals surface area contributed by atoms with Gasteiger partial charge in [0.15, 0.2) is 0 Å². The van der Waals surface area contributed by atoms with Crippen LogP contribution in [0.1, 0.15) is 68.1 Å². The van der Waals surface area contributed by atoms with Gasteiger partial charge in [-0.1, -0.05) is 61.0 Å². The first-order chi connectivity index (χ1) is 20.3. The van der Waals surface area contributed by atoms with E-state index in [1.165, 1.54) is 47.1 Å². The third-order valence-corrected chi connectivity index (χ3v) is 8.45. The van der Waals surface area contributed by atoms with E-state index in [1.54, 1.807) is 6.08 Å². The molecule has 0 bridgehead atoms. The van der Waals surface area contributed by atoms with Gasteiger partial charge in [0.1, 0.15) is 5.75 Å². The van der Waals surface area contributed by atoms with Gasteiger partial charge in [-0.05, 0) is 109 Å². The van der Waals surface area contributed by atoms with Crippen LogP contribution in [0.5, 0.6) is 5.75 Å². The van der Waals surface area contributed by atoms with Crippen LogP contribution in [0.3, 0.4) is 0 Å². The van der Waals surface area contributed by atoms with Gasteiger partial charge in [0.2, 0.25) is 5.91 Å². The van der Waals surface area contributed by atoms with Gasteiger partial charge < -0.3 is 9.64 Å². The van der Waals surface area contributed by atoms with Crippen LogP contribution in [-0.2, 0) is 4.79 Å². The van der Waals surface area contributed by atoms with Crippen molar-refractivity contribution in [2.75, 3.05) is 19.7 Å². The van der Waals surface area contributed by atoms with E-state index < -0.39 is 0 Å². The molecule has 1 amide bonds. The number of nitrogens with zero attached hydrogens (tertiary/aromatic N) is 2. The van der Waals surface area contributed by atoms with Crippen molar-refractivity contribution in [1.82, 2.24) is 15.1 Å². The average molecular weight is 546 g/mol. The number of amides is 1. The molecule has 210 valence electrons. The Labute approximate surface area is 242 Å². The maximum absolute atomic E-state index is 12.1. The Kier molecular flexibility index (Phi) is 8.60. The van der Waals surface area contributed by atoms with E-state index in [0.29, 0.717) is 12.5 Å². The highest BCUT2D eigenvalue weighted by Gasteiger charge is 2.27. The van der Waals surface area contributed by atoms with Gasteiger partial charge in [0.25, 0.3) is 0 Å². The normalized spacial score (nSPS) is 16.2. The minimum atomic E-state index is 0.157. The molecule has 0 radical (unpaired) electrons. The molecule has 41 heavy (non-hydrogen) atoms. The van der Waals surface area contributed by atoms with Crippen LogP contribution in [0.15, 0.2) is 91.1 Å². The minimum absolute atomic E-state index is 0.157. The maximum atomic E-state index is 12.1. The molecule has 1 aliphatic heterocycles. The van der Waals surface area contributed by atoms with Crippen molar-refractivity contribution in [3.8, 4) is 5.75 Å². The van der Waals surface area contributed by atoms with Crippen molar-refractivity contribution in [3.63, 3.8) is 0 Å². The van der Waals surface area contributed by atoms with E-state index in [4.69, 9.17) is 4.74 Å². The Balaban J connectivity index is 1.16. The van der Waals surface area contributed by atoms with E-state index >= 15 is 0 Å². The van der Waals surface area contributed by atoms with Crippen molar-refractivity contribution >= 4 is 28.0 Å². The van der Waals surface area contributed by atoms with Crippen molar-refractivity contribution in [2.45, 2.75) is 51.4 Å². The van der Waals surface area contributed by atoms with Crippen LogP contribution in [0, 0.1) is 5.92 Å². The van der Waals surface area contributed by atoms with Crippen LogP contribution in [0.4, 0.5) is 0 Å². The molecule has 0 spiro atoms. The van der Waals surface area contributed by atoms with Gasteiger partial charge >= 0.3 is 0 Å². The van der Waals surface area contributed by atoms with Crippen LogP contribution >= 0.6 is 0 Å². The van der Waals surface area contributed by atoms with E-state index in [9.17, 15) is 4.79 Å². The number of hydrogen-bond acceptors (Lipinski definition) is 3. The molecule has 1 aliphatic carbocycles. The van der Waals surface area contributed by atoms with Crippen molar-refractivity contribution in [2.24, 2.45) is 5.92 Å². The molecule has 1 saturated carbocycles. The summed E-state index contributed by atoms with van der Waals surface area (Å²) in [7, 11) is 0. The van der Waals surface area contributed by atoms with Gasteiger partial charge in [-0.25, -0.2) is 0 Å². The summed E-state index contributed by atoms with van der Waals surface area (Å²) in [6.07, 6.45) is 14.5. The van der Waals surface area contributed by atoms with E-state index in [1.807, 2.05) is 17.2 Å². The molecule has 3 aromatic carbocycles. The zero-order valence-electron chi connectivity index (χ0n) is 23.7. The number of carbonyl (C=O) groups excluding carboxylic acids is 1. The smallest absolute Gasteiger partial charge is 0.246 e. The molecule has 5 heteroatoms. The molecule has 6 rings (SSSR count). The monoisotopic (exact) mass is 545 g/mol. The number of aromatic nitrogens is 2. The van der Waals surface area contributed by atoms with Crippen molar-refractivity contribution in [1.29, 1.82) is 0 Å². The van der Waals surface area contributed by atoms with Crippen LogP contribution in [-0.4, -0.2) is 40.7 Å². The largest absolute Gasteiger partial charge is 0.494 e. The van der Waals surface area contributed by atoms with Crippen LogP contribution in [0.2, 0.25) is 0 Å². The second-order valence-electron chi connectivity index (χ2n) is 11.3. The fourth-order valence-electron chi connectivity index (χ4n) is 5.97.